The molecule has 9 rings (SSSR count). The number of fused-ring (bicyclic) bond motifs is 3. The van der Waals surface area contributed by atoms with Crippen LogP contribution in [-0.4, -0.2) is 59.2 Å². The van der Waals surface area contributed by atoms with Crippen LogP contribution in [0.3, 0.4) is 0 Å². The highest BCUT2D eigenvalue weighted by molar-refractivity contribution is 6.32. The predicted octanol–water partition coefficient (Wildman–Crippen LogP) is 6.39. The van der Waals surface area contributed by atoms with Gasteiger partial charge in [0.25, 0.3) is 17.1 Å². The van der Waals surface area contributed by atoms with Gasteiger partial charge in [-0.3, -0.25) is 60.7 Å². The van der Waals surface area contributed by atoms with Gasteiger partial charge in [-0.1, -0.05) is 53.0 Å². The number of halogens is 3. The first-order chi connectivity index (χ1) is 32.7. The number of rotatable bonds is 9. The van der Waals surface area contributed by atoms with E-state index in [0.717, 1.165) is 50.8 Å². The zero-order chi connectivity index (χ0) is 50.2. The second-order valence-electron chi connectivity index (χ2n) is 13.4. The van der Waals surface area contributed by atoms with Gasteiger partial charge in [-0.05, 0) is 69.0 Å². The molecule has 0 N–H and O–H groups in total. The Labute approximate surface area is 392 Å². The molecule has 3 heterocycles. The fourth-order valence-electron chi connectivity index (χ4n) is 6.23. The van der Waals surface area contributed by atoms with Crippen LogP contribution in [0.1, 0.15) is 0 Å². The summed E-state index contributed by atoms with van der Waals surface area (Å²) in [6.07, 6.45) is 0. The minimum atomic E-state index is -0.834. The van der Waals surface area contributed by atoms with E-state index >= 15 is 0 Å². The highest BCUT2D eigenvalue weighted by Gasteiger charge is 2.33. The van der Waals surface area contributed by atoms with E-state index in [0.29, 0.717) is 15.7 Å². The number of nitrogens with zero attached hydrogens (tertiary/aromatic N) is 15. The van der Waals surface area contributed by atoms with Crippen LogP contribution in [0, 0.1) is 76.3 Å². The molecule has 0 radical (unpaired) electrons. The SMILES string of the molecule is O=[N+]([O-])c1cc([N+](=O)[O-])c2nn(-c3ccc(Cl)cc3)[n+]([O-])c2c1.O=[N+]([O-])c1cc([N+](=O)[O-])c2nn(-c3cccc(Cl)c3)[n+]([O-])c2c1.O=[N+]([O-])c1cc([N+](=O)[O-])c2nn(-c3ccccc3Cl)[n+]([O-])c2c1. The topological polar surface area (TPSA) is 393 Å². The van der Waals surface area contributed by atoms with E-state index in [1.165, 1.54) is 48.5 Å². The van der Waals surface area contributed by atoms with E-state index in [1.54, 1.807) is 24.3 Å². The first-order valence-electron chi connectivity index (χ1n) is 18.3. The fourth-order valence-corrected chi connectivity index (χ4v) is 6.75. The lowest BCUT2D eigenvalue weighted by molar-refractivity contribution is -0.664. The molecule has 0 atom stereocenters. The molecule has 348 valence electrons. The molecule has 0 unspecified atom stereocenters. The van der Waals surface area contributed by atoms with Gasteiger partial charge in [0, 0.05) is 10.0 Å². The highest BCUT2D eigenvalue weighted by Crippen LogP contribution is 2.32. The quantitative estimate of drug-likeness (QED) is 0.0654. The summed E-state index contributed by atoms with van der Waals surface area (Å²) in [5.41, 5.74) is -4.46. The van der Waals surface area contributed by atoms with Crippen LogP contribution in [0.25, 0.3) is 50.2 Å². The van der Waals surface area contributed by atoms with E-state index in [-0.39, 0.29) is 64.0 Å². The molecule has 0 saturated carbocycles. The molecule has 0 amide bonds. The Hall–Kier alpha value is -9.81. The number of nitro benzene ring substituents is 6. The van der Waals surface area contributed by atoms with E-state index in [4.69, 9.17) is 34.8 Å². The van der Waals surface area contributed by atoms with Gasteiger partial charge in [0.05, 0.1) is 86.3 Å². The monoisotopic (exact) mass is 1010 g/mol. The number of para-hydroxylation sites is 1. The normalized spacial score (nSPS) is 10.8. The summed E-state index contributed by atoms with van der Waals surface area (Å²) in [6, 6.07) is 23.4. The van der Waals surface area contributed by atoms with Crippen molar-refractivity contribution in [1.29, 1.82) is 0 Å². The molecule has 9 aromatic rings. The van der Waals surface area contributed by atoms with Gasteiger partial charge >= 0.3 is 33.6 Å². The van der Waals surface area contributed by atoms with Crippen LogP contribution in [0.2, 0.25) is 15.1 Å². The summed E-state index contributed by atoms with van der Waals surface area (Å²) in [4.78, 5) is 64.2. The van der Waals surface area contributed by atoms with E-state index in [2.05, 4.69) is 15.3 Å². The number of aromatic nitrogens is 9. The first-order valence-corrected chi connectivity index (χ1v) is 19.4. The van der Waals surface area contributed by atoms with Gasteiger partial charge < -0.3 is 15.6 Å². The molecule has 0 aliphatic rings. The fraction of sp³-hybridized carbons (Fsp3) is 0. The third kappa shape index (κ3) is 9.22. The Morgan fingerprint density at radius 1 is 0.406 bits per heavy atom. The van der Waals surface area contributed by atoms with Crippen molar-refractivity contribution in [2.24, 2.45) is 0 Å². The smallest absolute Gasteiger partial charge is 0.334 e. The van der Waals surface area contributed by atoms with Crippen molar-refractivity contribution >= 4 is 102 Å². The molecule has 0 spiro atoms. The highest BCUT2D eigenvalue weighted by atomic mass is 35.5. The van der Waals surface area contributed by atoms with Gasteiger partial charge in [0.15, 0.2) is 0 Å². The molecule has 0 aliphatic carbocycles. The summed E-state index contributed by atoms with van der Waals surface area (Å²) in [5.74, 6) is 0. The third-order valence-electron chi connectivity index (χ3n) is 9.27. The van der Waals surface area contributed by atoms with E-state index < -0.39 is 63.7 Å². The number of nitro groups is 6. The standard InChI is InChI=1S/3C12H6ClN5O5/c13-7-1-3-8(4-2-7)15-14-12-10(16(15)19)5-9(17(20)21)6-11(12)18(22)23;13-7-2-1-3-8(4-7)15-14-12-10(16(15)19)5-9(17(20)21)6-11(12)18(22)23;13-8-3-1-2-4-9(8)15-14-12-10(16(15)19)5-7(17(20)21)6-11(12)18(22)23/h3*1-6H. The lowest BCUT2D eigenvalue weighted by atomic mass is 10.2. The van der Waals surface area contributed by atoms with Crippen molar-refractivity contribution in [2.75, 3.05) is 0 Å². The summed E-state index contributed by atoms with van der Waals surface area (Å²) < 4.78 is 0. The molecular formula is C36H18Cl3N15O15. The van der Waals surface area contributed by atoms with Crippen LogP contribution >= 0.6 is 34.8 Å². The van der Waals surface area contributed by atoms with Gasteiger partial charge in [0.2, 0.25) is 16.6 Å². The van der Waals surface area contributed by atoms with Gasteiger partial charge in [-0.2, -0.15) is 0 Å². The minimum absolute atomic E-state index is 0.192. The molecule has 3 aromatic heterocycles. The summed E-state index contributed by atoms with van der Waals surface area (Å²) in [7, 11) is 0. The van der Waals surface area contributed by atoms with Crippen molar-refractivity contribution in [3.05, 3.63) is 201 Å². The largest absolute Gasteiger partial charge is 0.692 e. The average molecular weight is 1010 g/mol. The number of benzene rings is 6. The predicted molar refractivity (Wildman–Crippen MR) is 235 cm³/mol. The maximum absolute atomic E-state index is 12.3. The maximum Gasteiger partial charge on any atom is 0.334 e. The average Bonchev–Trinajstić information content (AvgIpc) is 3.95. The summed E-state index contributed by atoms with van der Waals surface area (Å²) in [6.45, 7) is 0. The molecule has 0 aliphatic heterocycles. The third-order valence-corrected chi connectivity index (χ3v) is 10.1. The van der Waals surface area contributed by atoms with Crippen LogP contribution in [0.4, 0.5) is 34.1 Å². The Morgan fingerprint density at radius 2 is 0.797 bits per heavy atom. The van der Waals surface area contributed by atoms with Crippen LogP contribution in [-0.2, 0) is 0 Å². The van der Waals surface area contributed by atoms with Crippen molar-refractivity contribution in [1.82, 2.24) is 29.7 Å². The number of hydrogen-bond acceptors (Lipinski definition) is 18. The Kier molecular flexibility index (Phi) is 12.7. The van der Waals surface area contributed by atoms with Crippen LogP contribution < -0.4 is 14.5 Å². The van der Waals surface area contributed by atoms with Gasteiger partial charge in [-0.15, -0.1) is 14.5 Å². The minimum Gasteiger partial charge on any atom is -0.692 e. The van der Waals surface area contributed by atoms with E-state index in [1.807, 2.05) is 0 Å². The van der Waals surface area contributed by atoms with E-state index in [9.17, 15) is 76.3 Å². The van der Waals surface area contributed by atoms with Crippen LogP contribution in [0.15, 0.2) is 109 Å². The molecule has 0 fully saturated rings. The molecule has 69 heavy (non-hydrogen) atoms. The first kappa shape index (κ1) is 47.2. The molecule has 33 heteroatoms. The number of hydrogen-bond donors (Lipinski definition) is 0. The zero-order valence-corrected chi connectivity index (χ0v) is 35.6. The Bertz CT molecular complexity index is 3640. The zero-order valence-electron chi connectivity index (χ0n) is 33.4. The Morgan fingerprint density at radius 3 is 1.19 bits per heavy atom. The molecule has 0 saturated heterocycles. The number of non-ortho nitro benzene ring substituents is 6. The van der Waals surface area contributed by atoms with Crippen LogP contribution in [0.5, 0.6) is 0 Å². The van der Waals surface area contributed by atoms with Gasteiger partial charge in [0.1, 0.15) is 17.1 Å². The van der Waals surface area contributed by atoms with Crippen molar-refractivity contribution in [2.45, 2.75) is 0 Å². The second kappa shape index (κ2) is 18.6. The second-order valence-corrected chi connectivity index (χ2v) is 14.7. The summed E-state index contributed by atoms with van der Waals surface area (Å²) >= 11 is 17.6. The lowest BCUT2D eigenvalue weighted by Crippen LogP contribution is -2.37. The maximum atomic E-state index is 12.3. The molecule has 30 nitrogen and oxygen atoms in total. The lowest BCUT2D eigenvalue weighted by Gasteiger charge is -2.04. The van der Waals surface area contributed by atoms with Crippen molar-refractivity contribution in [3.63, 3.8) is 0 Å². The molecule has 6 aromatic carbocycles. The molecular weight excluding hydrogens is 989 g/mol. The molecule has 0 bridgehead atoms. The van der Waals surface area contributed by atoms with Crippen molar-refractivity contribution < 1.29 is 44.1 Å². The van der Waals surface area contributed by atoms with Gasteiger partial charge in [-0.25, -0.2) is 0 Å². The Balaban J connectivity index is 0.000000153. The van der Waals surface area contributed by atoms with Crippen molar-refractivity contribution in [3.8, 4) is 17.1 Å². The summed E-state index contributed by atoms with van der Waals surface area (Å²) in [5, 5.41) is 116.